The molecule has 0 saturated carbocycles. The van der Waals surface area contributed by atoms with Crippen molar-refractivity contribution in [2.45, 2.75) is 18.9 Å². The van der Waals surface area contributed by atoms with Crippen molar-refractivity contribution < 1.29 is 9.59 Å². The molecule has 3 heterocycles. The molecule has 144 valence electrons. The molecule has 2 aliphatic rings. The van der Waals surface area contributed by atoms with Gasteiger partial charge in [0.1, 0.15) is 0 Å². The van der Waals surface area contributed by atoms with Gasteiger partial charge in [0.15, 0.2) is 5.78 Å². The van der Waals surface area contributed by atoms with Gasteiger partial charge in [-0.05, 0) is 48.8 Å². The molecule has 5 heteroatoms. The van der Waals surface area contributed by atoms with Crippen molar-refractivity contribution in [3.63, 3.8) is 0 Å². The number of nitrogens with one attached hydrogen (secondary N) is 2. The number of ketones is 1. The Kier molecular flexibility index (Phi) is 4.28. The van der Waals surface area contributed by atoms with Crippen LogP contribution in [0.3, 0.4) is 0 Å². The number of hydrogen-bond acceptors (Lipinski definition) is 3. The van der Waals surface area contributed by atoms with Crippen molar-refractivity contribution in [2.24, 2.45) is 0 Å². The second kappa shape index (κ2) is 7.09. The maximum Gasteiger partial charge on any atom is 0.256 e. The van der Waals surface area contributed by atoms with Crippen LogP contribution in [0.1, 0.15) is 28.8 Å². The third-order valence-corrected chi connectivity index (χ3v) is 5.66. The number of carbonyl (C=O) groups excluding carboxylic acids is 2. The average Bonchev–Trinajstić information content (AvgIpc) is 3.37. The number of nitrogens with zero attached hydrogens (tertiary/aromatic N) is 1. The van der Waals surface area contributed by atoms with E-state index >= 15 is 0 Å². The highest BCUT2D eigenvalue weighted by molar-refractivity contribution is 6.06. The van der Waals surface area contributed by atoms with E-state index in [1.807, 2.05) is 65.7 Å². The SMILES string of the molecule is O=C(/C=C1\Nc2ccccc2C(=O)N2CCC[C@@H]12)/C=C/c1c[nH]c2ccccc12. The zero-order valence-electron chi connectivity index (χ0n) is 15.9. The van der Waals surface area contributed by atoms with E-state index in [9.17, 15) is 9.59 Å². The van der Waals surface area contributed by atoms with Gasteiger partial charge in [-0.25, -0.2) is 0 Å². The molecule has 1 saturated heterocycles. The third-order valence-electron chi connectivity index (χ3n) is 5.66. The summed E-state index contributed by atoms with van der Waals surface area (Å²) in [4.78, 5) is 30.7. The van der Waals surface area contributed by atoms with Gasteiger partial charge in [-0.2, -0.15) is 0 Å². The van der Waals surface area contributed by atoms with Gasteiger partial charge in [-0.15, -0.1) is 0 Å². The number of H-pyrrole nitrogens is 1. The predicted octanol–water partition coefficient (Wildman–Crippen LogP) is 4.36. The zero-order valence-corrected chi connectivity index (χ0v) is 15.9. The van der Waals surface area contributed by atoms with Crippen LogP contribution in [0.4, 0.5) is 5.69 Å². The molecule has 2 aromatic carbocycles. The Labute approximate surface area is 168 Å². The Morgan fingerprint density at radius 2 is 1.93 bits per heavy atom. The van der Waals surface area contributed by atoms with Gasteiger partial charge in [0.25, 0.3) is 5.91 Å². The average molecular weight is 383 g/mol. The lowest BCUT2D eigenvalue weighted by Crippen LogP contribution is -2.36. The van der Waals surface area contributed by atoms with Gasteiger partial charge in [0.05, 0.1) is 17.3 Å². The van der Waals surface area contributed by atoms with Crippen LogP contribution in [0.25, 0.3) is 17.0 Å². The standard InChI is InChI=1S/C24H21N3O2/c28-17(12-11-16-15-25-20-8-3-1-6-18(16)20)14-22-23-10-5-13-27(23)24(29)19-7-2-4-9-21(19)26-22/h1-4,6-9,11-12,14-15,23,25-26H,5,10,13H2/b12-11+,22-14-/t23-/m0/s1. The molecule has 0 unspecified atom stereocenters. The molecule has 1 aromatic heterocycles. The van der Waals surface area contributed by atoms with Crippen LogP contribution >= 0.6 is 0 Å². The number of fused-ring (bicyclic) bond motifs is 3. The molecular formula is C24H21N3O2. The third kappa shape index (κ3) is 3.14. The minimum atomic E-state index is -0.100. The largest absolute Gasteiger partial charge is 0.361 e. The molecule has 29 heavy (non-hydrogen) atoms. The Bertz CT molecular complexity index is 1170. The van der Waals surface area contributed by atoms with Crippen molar-refractivity contribution in [1.82, 2.24) is 9.88 Å². The van der Waals surface area contributed by atoms with Crippen molar-refractivity contribution >= 4 is 34.4 Å². The van der Waals surface area contributed by atoms with E-state index in [-0.39, 0.29) is 17.7 Å². The number of rotatable bonds is 3. The summed E-state index contributed by atoms with van der Waals surface area (Å²) in [6.45, 7) is 0.718. The van der Waals surface area contributed by atoms with E-state index in [0.29, 0.717) is 5.56 Å². The van der Waals surface area contributed by atoms with Crippen LogP contribution in [-0.4, -0.2) is 34.2 Å². The number of aromatic nitrogens is 1. The van der Waals surface area contributed by atoms with Gasteiger partial charge in [-0.1, -0.05) is 30.3 Å². The van der Waals surface area contributed by atoms with E-state index in [1.165, 1.54) is 0 Å². The summed E-state index contributed by atoms with van der Waals surface area (Å²) < 4.78 is 0. The van der Waals surface area contributed by atoms with Gasteiger partial charge < -0.3 is 15.2 Å². The van der Waals surface area contributed by atoms with Crippen LogP contribution in [0, 0.1) is 0 Å². The molecule has 0 spiro atoms. The van der Waals surface area contributed by atoms with Crippen LogP contribution in [0.2, 0.25) is 0 Å². The number of benzene rings is 2. The lowest BCUT2D eigenvalue weighted by molar-refractivity contribution is -0.110. The van der Waals surface area contributed by atoms with Crippen molar-refractivity contribution in [2.75, 3.05) is 11.9 Å². The lowest BCUT2D eigenvalue weighted by Gasteiger charge is -2.23. The molecule has 1 fully saturated rings. The van der Waals surface area contributed by atoms with Crippen LogP contribution in [-0.2, 0) is 4.79 Å². The minimum Gasteiger partial charge on any atom is -0.361 e. The van der Waals surface area contributed by atoms with Crippen molar-refractivity contribution in [3.05, 3.63) is 83.7 Å². The van der Waals surface area contributed by atoms with E-state index < -0.39 is 0 Å². The highest BCUT2D eigenvalue weighted by atomic mass is 16.2. The highest BCUT2D eigenvalue weighted by Crippen LogP contribution is 2.32. The first-order chi connectivity index (χ1) is 14.2. The maximum absolute atomic E-state index is 12.9. The Balaban J connectivity index is 1.45. The number of amides is 1. The molecule has 5 nitrogen and oxygen atoms in total. The van der Waals surface area contributed by atoms with E-state index in [0.717, 1.165) is 47.2 Å². The smallest absolute Gasteiger partial charge is 0.256 e. The quantitative estimate of drug-likeness (QED) is 0.661. The summed E-state index contributed by atoms with van der Waals surface area (Å²) in [6, 6.07) is 15.4. The second-order valence-corrected chi connectivity index (χ2v) is 7.45. The van der Waals surface area contributed by atoms with Gasteiger partial charge in [0.2, 0.25) is 0 Å². The number of hydrogen-bond donors (Lipinski definition) is 2. The molecule has 0 bridgehead atoms. The lowest BCUT2D eigenvalue weighted by atomic mass is 10.1. The molecule has 0 aliphatic carbocycles. The molecule has 1 amide bonds. The normalized spacial score (nSPS) is 20.0. The summed E-state index contributed by atoms with van der Waals surface area (Å²) in [5, 5.41) is 4.43. The summed E-state index contributed by atoms with van der Waals surface area (Å²) in [5.74, 6) is -0.0720. The van der Waals surface area contributed by atoms with E-state index in [1.54, 1.807) is 12.2 Å². The number of carbonyl (C=O) groups is 2. The minimum absolute atomic E-state index is 0.0285. The van der Waals surface area contributed by atoms with E-state index in [2.05, 4.69) is 10.3 Å². The Morgan fingerprint density at radius 1 is 1.10 bits per heavy atom. The molecule has 1 atom stereocenters. The van der Waals surface area contributed by atoms with Gasteiger partial charge in [-0.3, -0.25) is 9.59 Å². The summed E-state index contributed by atoms with van der Waals surface area (Å²) in [5.41, 5.74) is 4.22. The Morgan fingerprint density at radius 3 is 2.86 bits per heavy atom. The molecule has 2 N–H and O–H groups in total. The first-order valence-electron chi connectivity index (χ1n) is 9.87. The van der Waals surface area contributed by atoms with Crippen LogP contribution < -0.4 is 5.32 Å². The predicted molar refractivity (Wildman–Crippen MR) is 115 cm³/mol. The molecular weight excluding hydrogens is 362 g/mol. The second-order valence-electron chi connectivity index (χ2n) is 7.45. The zero-order chi connectivity index (χ0) is 19.8. The molecule has 0 radical (unpaired) electrons. The highest BCUT2D eigenvalue weighted by Gasteiger charge is 2.36. The monoisotopic (exact) mass is 383 g/mol. The molecule has 3 aromatic rings. The fourth-order valence-electron chi connectivity index (χ4n) is 4.24. The van der Waals surface area contributed by atoms with Crippen LogP contribution in [0.5, 0.6) is 0 Å². The van der Waals surface area contributed by atoms with Crippen LogP contribution in [0.15, 0.2) is 72.6 Å². The number of allylic oxidation sites excluding steroid dienone is 2. The van der Waals surface area contributed by atoms with E-state index in [4.69, 9.17) is 0 Å². The van der Waals surface area contributed by atoms with Crippen molar-refractivity contribution in [3.8, 4) is 0 Å². The summed E-state index contributed by atoms with van der Waals surface area (Å²) >= 11 is 0. The number of aromatic amines is 1. The first-order valence-corrected chi connectivity index (χ1v) is 9.87. The molecule has 5 rings (SSSR count). The maximum atomic E-state index is 12.9. The number of anilines is 1. The Hall–Kier alpha value is -3.60. The molecule has 2 aliphatic heterocycles. The van der Waals surface area contributed by atoms with Gasteiger partial charge >= 0.3 is 0 Å². The van der Waals surface area contributed by atoms with Gasteiger partial charge in [0, 0.05) is 35.4 Å². The summed E-state index contributed by atoms with van der Waals surface area (Å²) in [6.07, 6.45) is 8.75. The number of para-hydroxylation sites is 2. The summed E-state index contributed by atoms with van der Waals surface area (Å²) in [7, 11) is 0. The topological polar surface area (TPSA) is 65.2 Å². The van der Waals surface area contributed by atoms with Crippen molar-refractivity contribution in [1.29, 1.82) is 0 Å². The fraction of sp³-hybridized carbons (Fsp3) is 0.167. The first kappa shape index (κ1) is 17.5. The fourth-order valence-corrected chi connectivity index (χ4v) is 4.24.